The van der Waals surface area contributed by atoms with Gasteiger partial charge in [-0.2, -0.15) is 0 Å². The van der Waals surface area contributed by atoms with Crippen molar-refractivity contribution in [2.75, 3.05) is 7.11 Å². The average Bonchev–Trinajstić information content (AvgIpc) is 2.50. The molecule has 3 nitrogen and oxygen atoms in total. The number of benzene rings is 1. The highest BCUT2D eigenvalue weighted by atomic mass is 79.9. The summed E-state index contributed by atoms with van der Waals surface area (Å²) >= 11 is 3.34. The van der Waals surface area contributed by atoms with Crippen LogP contribution in [0.4, 0.5) is 4.39 Å². The molecule has 0 amide bonds. The summed E-state index contributed by atoms with van der Waals surface area (Å²) in [7, 11) is 0.778. The Morgan fingerprint density at radius 3 is 2.16 bits per heavy atom. The molecule has 1 aromatic rings. The fourth-order valence-electron chi connectivity index (χ4n) is 1.85. The molecule has 104 valence electrons. The van der Waals surface area contributed by atoms with Crippen LogP contribution in [-0.4, -0.2) is 25.4 Å². The number of hydrogen-bond donors (Lipinski definition) is 0. The average molecular weight is 331 g/mol. The first-order valence-corrected chi connectivity index (χ1v) is 6.86. The third kappa shape index (κ3) is 2.53. The van der Waals surface area contributed by atoms with E-state index in [0.717, 1.165) is 0 Å². The van der Waals surface area contributed by atoms with Gasteiger partial charge in [0, 0.05) is 11.5 Å². The maximum Gasteiger partial charge on any atom is 0.497 e. The molecule has 1 saturated heterocycles. The van der Waals surface area contributed by atoms with Crippen molar-refractivity contribution in [3.05, 3.63) is 22.4 Å². The van der Waals surface area contributed by atoms with Gasteiger partial charge in [0.2, 0.25) is 0 Å². The second-order valence-electron chi connectivity index (χ2n) is 5.60. The first-order valence-electron chi connectivity index (χ1n) is 6.06. The Hall–Kier alpha value is -0.585. The van der Waals surface area contributed by atoms with Crippen molar-refractivity contribution in [1.29, 1.82) is 0 Å². The van der Waals surface area contributed by atoms with E-state index in [0.29, 0.717) is 15.7 Å². The fraction of sp³-hybridized carbons (Fsp3) is 0.538. The minimum Gasteiger partial charge on any atom is -0.495 e. The van der Waals surface area contributed by atoms with Crippen LogP contribution in [0.25, 0.3) is 0 Å². The molecule has 6 heteroatoms. The molecule has 2 rings (SSSR count). The van der Waals surface area contributed by atoms with Gasteiger partial charge in [-0.1, -0.05) is 0 Å². The van der Waals surface area contributed by atoms with Gasteiger partial charge in [-0.3, -0.25) is 0 Å². The van der Waals surface area contributed by atoms with Crippen LogP contribution in [0.15, 0.2) is 16.6 Å². The van der Waals surface area contributed by atoms with Gasteiger partial charge in [0.1, 0.15) is 11.6 Å². The zero-order valence-corrected chi connectivity index (χ0v) is 13.3. The predicted octanol–water partition coefficient (Wildman–Crippen LogP) is 2.90. The van der Waals surface area contributed by atoms with E-state index >= 15 is 0 Å². The molecule has 0 saturated carbocycles. The highest BCUT2D eigenvalue weighted by molar-refractivity contribution is 9.10. The highest BCUT2D eigenvalue weighted by Gasteiger charge is 2.52. The van der Waals surface area contributed by atoms with E-state index in [4.69, 9.17) is 14.0 Å². The van der Waals surface area contributed by atoms with Crippen molar-refractivity contribution < 1.29 is 18.4 Å². The van der Waals surface area contributed by atoms with Crippen LogP contribution in [-0.2, 0) is 9.31 Å². The van der Waals surface area contributed by atoms with Crippen molar-refractivity contribution in [2.24, 2.45) is 0 Å². The van der Waals surface area contributed by atoms with Crippen molar-refractivity contribution in [2.45, 2.75) is 38.9 Å². The molecule has 0 spiro atoms. The first-order chi connectivity index (χ1) is 8.68. The Morgan fingerprint density at radius 2 is 1.68 bits per heavy atom. The molecule has 0 aliphatic carbocycles. The van der Waals surface area contributed by atoms with Gasteiger partial charge in [0.15, 0.2) is 0 Å². The monoisotopic (exact) mass is 330 g/mol. The van der Waals surface area contributed by atoms with Crippen molar-refractivity contribution in [1.82, 2.24) is 0 Å². The van der Waals surface area contributed by atoms with E-state index in [9.17, 15) is 4.39 Å². The zero-order valence-electron chi connectivity index (χ0n) is 11.7. The van der Waals surface area contributed by atoms with Crippen LogP contribution < -0.4 is 10.2 Å². The normalized spacial score (nSPS) is 20.7. The molecule has 19 heavy (non-hydrogen) atoms. The molecule has 1 aromatic carbocycles. The zero-order chi connectivity index (χ0) is 14.4. The number of methoxy groups -OCH3 is 1. The Labute approximate surface area is 121 Å². The van der Waals surface area contributed by atoms with E-state index in [1.54, 1.807) is 6.07 Å². The summed E-state index contributed by atoms with van der Waals surface area (Å²) in [5.41, 5.74) is -0.612. The van der Waals surface area contributed by atoms with Crippen LogP contribution in [0.3, 0.4) is 0 Å². The quantitative estimate of drug-likeness (QED) is 0.780. The maximum absolute atomic E-state index is 14.1. The van der Waals surface area contributed by atoms with Crippen molar-refractivity contribution >= 4 is 28.5 Å². The lowest BCUT2D eigenvalue weighted by molar-refractivity contribution is 0.00578. The van der Waals surface area contributed by atoms with Crippen molar-refractivity contribution in [3.8, 4) is 5.75 Å². The second kappa shape index (κ2) is 4.75. The van der Waals surface area contributed by atoms with Gasteiger partial charge in [-0.05, 0) is 49.7 Å². The minimum atomic E-state index is -0.716. The predicted molar refractivity (Wildman–Crippen MR) is 76.4 cm³/mol. The Bertz CT molecular complexity index is 489. The number of rotatable bonds is 2. The molecular weight excluding hydrogens is 314 g/mol. The molecule has 1 aliphatic heterocycles. The van der Waals surface area contributed by atoms with Gasteiger partial charge in [-0.15, -0.1) is 0 Å². The van der Waals surface area contributed by atoms with Gasteiger partial charge >= 0.3 is 7.12 Å². The van der Waals surface area contributed by atoms with E-state index in [2.05, 4.69) is 15.9 Å². The van der Waals surface area contributed by atoms with E-state index in [1.165, 1.54) is 13.2 Å². The third-order valence-corrected chi connectivity index (χ3v) is 4.40. The lowest BCUT2D eigenvalue weighted by Crippen LogP contribution is -2.41. The summed E-state index contributed by atoms with van der Waals surface area (Å²) in [5.74, 6) is 0.0383. The number of halogens is 2. The Kier molecular flexibility index (Phi) is 3.71. The van der Waals surface area contributed by atoms with Crippen LogP contribution in [0.2, 0.25) is 0 Å². The summed E-state index contributed by atoms with van der Waals surface area (Å²) in [6.45, 7) is 7.74. The summed E-state index contributed by atoms with van der Waals surface area (Å²) in [5, 5.41) is 0. The largest absolute Gasteiger partial charge is 0.497 e. The summed E-state index contributed by atoms with van der Waals surface area (Å²) < 4.78 is 31.5. The van der Waals surface area contributed by atoms with Gasteiger partial charge in [-0.25, -0.2) is 4.39 Å². The van der Waals surface area contributed by atoms with Crippen LogP contribution in [0.5, 0.6) is 5.75 Å². The highest BCUT2D eigenvalue weighted by Crippen LogP contribution is 2.37. The second-order valence-corrected chi connectivity index (χ2v) is 6.45. The Balaban J connectivity index is 2.37. The summed E-state index contributed by atoms with van der Waals surface area (Å²) in [4.78, 5) is 0. The smallest absolute Gasteiger partial charge is 0.495 e. The first kappa shape index (κ1) is 14.8. The molecule has 0 aromatic heterocycles. The molecule has 0 unspecified atom stereocenters. The van der Waals surface area contributed by atoms with Gasteiger partial charge in [0.05, 0.1) is 22.8 Å². The number of hydrogen-bond acceptors (Lipinski definition) is 3. The number of ether oxygens (including phenoxy) is 1. The van der Waals surface area contributed by atoms with E-state index in [-0.39, 0.29) is 0 Å². The molecule has 0 bridgehead atoms. The lowest BCUT2D eigenvalue weighted by Gasteiger charge is -2.32. The Morgan fingerprint density at radius 1 is 1.16 bits per heavy atom. The van der Waals surface area contributed by atoms with Crippen molar-refractivity contribution in [3.63, 3.8) is 0 Å². The molecule has 1 fully saturated rings. The molecule has 1 heterocycles. The van der Waals surface area contributed by atoms with Gasteiger partial charge < -0.3 is 14.0 Å². The summed E-state index contributed by atoms with van der Waals surface area (Å²) in [6.07, 6.45) is 0. The standard InChI is InChI=1S/C13H17BBrFO3/c1-12(2)13(3,4)19-14(18-12)8-6-9(15)11(17-5)7-10(8)16/h6-7H,1-5H3. The van der Waals surface area contributed by atoms with Crippen LogP contribution >= 0.6 is 15.9 Å². The molecule has 1 aliphatic rings. The molecule has 0 atom stereocenters. The molecule has 0 radical (unpaired) electrons. The minimum absolute atomic E-state index is 0.367. The maximum atomic E-state index is 14.1. The fourth-order valence-corrected chi connectivity index (χ4v) is 2.37. The van der Waals surface area contributed by atoms with Crippen LogP contribution in [0, 0.1) is 5.82 Å². The third-order valence-electron chi connectivity index (χ3n) is 3.78. The molecule has 0 N–H and O–H groups in total. The molecular formula is C13H17BBrFO3. The van der Waals surface area contributed by atoms with E-state index in [1.807, 2.05) is 27.7 Å². The summed E-state index contributed by atoms with van der Waals surface area (Å²) in [6, 6.07) is 2.96. The SMILES string of the molecule is COc1cc(F)c(B2OC(C)(C)C(C)(C)O2)cc1Br. The van der Waals surface area contributed by atoms with Crippen LogP contribution in [0.1, 0.15) is 27.7 Å². The topological polar surface area (TPSA) is 27.7 Å². The lowest BCUT2D eigenvalue weighted by atomic mass is 9.78. The van der Waals surface area contributed by atoms with Gasteiger partial charge in [0.25, 0.3) is 0 Å². The van der Waals surface area contributed by atoms with E-state index < -0.39 is 24.1 Å².